The third-order valence-electron chi connectivity index (χ3n) is 5.20. The molecule has 33 heavy (non-hydrogen) atoms. The normalized spacial score (nSPS) is 10.5. The Morgan fingerprint density at radius 2 is 1.73 bits per heavy atom. The summed E-state index contributed by atoms with van der Waals surface area (Å²) in [6.07, 6.45) is 4.24. The van der Waals surface area contributed by atoms with Gasteiger partial charge in [-0.3, -0.25) is 19.9 Å². The number of amides is 1. The number of ether oxygens (including phenoxy) is 2. The van der Waals surface area contributed by atoms with Gasteiger partial charge in [0.05, 0.1) is 24.7 Å². The molecule has 0 spiro atoms. The molecular weight excluding hydrogens is 422 g/mol. The second kappa shape index (κ2) is 11.1. The fourth-order valence-electron chi connectivity index (χ4n) is 3.48. The van der Waals surface area contributed by atoms with E-state index in [2.05, 4.69) is 11.9 Å². The minimum absolute atomic E-state index is 0.0571. The topological polar surface area (TPSA) is 94.8 Å². The van der Waals surface area contributed by atoms with Crippen LogP contribution >= 0.6 is 0 Å². The number of nitrogens with zero attached hydrogens (tertiary/aromatic N) is 3. The monoisotopic (exact) mass is 449 g/mol. The molecule has 3 aromatic rings. The molecule has 8 heteroatoms. The van der Waals surface area contributed by atoms with Gasteiger partial charge in [0.2, 0.25) is 0 Å². The van der Waals surface area contributed by atoms with Crippen LogP contribution < -0.4 is 9.47 Å². The Bertz CT molecular complexity index is 1100. The van der Waals surface area contributed by atoms with Gasteiger partial charge in [0.15, 0.2) is 11.5 Å². The molecule has 1 amide bonds. The van der Waals surface area contributed by atoms with E-state index in [-0.39, 0.29) is 35.8 Å². The van der Waals surface area contributed by atoms with Gasteiger partial charge in [0, 0.05) is 31.5 Å². The number of hydrogen-bond donors (Lipinski definition) is 0. The number of hydrogen-bond acceptors (Lipinski definition) is 6. The average molecular weight is 450 g/mol. The van der Waals surface area contributed by atoms with Crippen molar-refractivity contribution in [3.63, 3.8) is 0 Å². The maximum atomic E-state index is 13.7. The van der Waals surface area contributed by atoms with Crippen LogP contribution in [0.2, 0.25) is 0 Å². The van der Waals surface area contributed by atoms with Gasteiger partial charge in [0.1, 0.15) is 5.56 Å². The Kier molecular flexibility index (Phi) is 7.96. The second-order valence-corrected chi connectivity index (χ2v) is 7.40. The summed E-state index contributed by atoms with van der Waals surface area (Å²) in [5.74, 6) is 0.00497. The first-order valence-corrected chi connectivity index (χ1v) is 10.7. The highest BCUT2D eigenvalue weighted by molar-refractivity contribution is 5.99. The lowest BCUT2D eigenvalue weighted by atomic mass is 10.1. The predicted molar refractivity (Wildman–Crippen MR) is 124 cm³/mol. The van der Waals surface area contributed by atoms with Gasteiger partial charge in [-0.2, -0.15) is 0 Å². The number of rotatable bonds is 10. The number of carbonyl (C=O) groups excluding carboxylic acids is 1. The summed E-state index contributed by atoms with van der Waals surface area (Å²) in [6.45, 7) is 4.72. The molecule has 0 saturated heterocycles. The number of nitro groups is 1. The summed E-state index contributed by atoms with van der Waals surface area (Å²) in [4.78, 5) is 30.6. The zero-order chi connectivity index (χ0) is 23.8. The fourth-order valence-corrected chi connectivity index (χ4v) is 3.48. The first-order valence-electron chi connectivity index (χ1n) is 10.7. The van der Waals surface area contributed by atoms with Crippen LogP contribution in [0.15, 0.2) is 60.9 Å². The number of benzene rings is 2. The van der Waals surface area contributed by atoms with E-state index >= 15 is 0 Å². The smallest absolute Gasteiger partial charge is 0.286 e. The maximum absolute atomic E-state index is 13.7. The van der Waals surface area contributed by atoms with Crippen LogP contribution in [0.25, 0.3) is 0 Å². The number of pyridine rings is 1. The summed E-state index contributed by atoms with van der Waals surface area (Å²) in [5, 5.41) is 11.8. The first kappa shape index (κ1) is 23.7. The number of methoxy groups -OCH3 is 1. The van der Waals surface area contributed by atoms with Crippen molar-refractivity contribution < 1.29 is 19.2 Å². The van der Waals surface area contributed by atoms with E-state index in [1.807, 2.05) is 30.3 Å². The highest BCUT2D eigenvalue weighted by Crippen LogP contribution is 2.35. The summed E-state index contributed by atoms with van der Waals surface area (Å²) in [6, 6.07) is 14.2. The van der Waals surface area contributed by atoms with Crippen molar-refractivity contribution in [3.8, 4) is 11.5 Å². The molecule has 0 aliphatic rings. The molecule has 0 aliphatic carbocycles. The van der Waals surface area contributed by atoms with Crippen molar-refractivity contribution in [2.24, 2.45) is 0 Å². The Balaban J connectivity index is 2.03. The van der Waals surface area contributed by atoms with E-state index in [4.69, 9.17) is 9.47 Å². The van der Waals surface area contributed by atoms with Crippen LogP contribution in [0.4, 0.5) is 5.69 Å². The van der Waals surface area contributed by atoms with Gasteiger partial charge in [-0.15, -0.1) is 0 Å². The van der Waals surface area contributed by atoms with Gasteiger partial charge in [-0.05, 0) is 36.1 Å². The lowest BCUT2D eigenvalue weighted by molar-refractivity contribution is -0.385. The van der Waals surface area contributed by atoms with Gasteiger partial charge in [0.25, 0.3) is 11.6 Å². The van der Waals surface area contributed by atoms with E-state index in [1.54, 1.807) is 30.3 Å². The second-order valence-electron chi connectivity index (χ2n) is 7.40. The number of nitro benzene ring substituents is 1. The quantitative estimate of drug-likeness (QED) is 0.326. The zero-order valence-corrected chi connectivity index (χ0v) is 19.0. The minimum atomic E-state index is -0.580. The van der Waals surface area contributed by atoms with Gasteiger partial charge in [-0.1, -0.05) is 37.3 Å². The minimum Gasteiger partial charge on any atom is -0.493 e. The van der Waals surface area contributed by atoms with Crippen LogP contribution in [-0.2, 0) is 19.5 Å². The Hall–Kier alpha value is -3.94. The Morgan fingerprint density at radius 3 is 2.30 bits per heavy atom. The molecule has 3 rings (SSSR count). The van der Waals surface area contributed by atoms with Gasteiger partial charge >= 0.3 is 0 Å². The molecular formula is C25H27N3O5. The molecule has 0 bridgehead atoms. The van der Waals surface area contributed by atoms with Gasteiger partial charge in [-0.25, -0.2) is 0 Å². The largest absolute Gasteiger partial charge is 0.493 e. The molecule has 2 aromatic carbocycles. The lowest BCUT2D eigenvalue weighted by Crippen LogP contribution is -2.30. The van der Waals surface area contributed by atoms with Crippen LogP contribution in [0.5, 0.6) is 11.5 Å². The number of aryl methyl sites for hydroxylation is 1. The molecule has 172 valence electrons. The van der Waals surface area contributed by atoms with E-state index in [9.17, 15) is 14.9 Å². The van der Waals surface area contributed by atoms with E-state index < -0.39 is 10.8 Å². The molecule has 0 unspecified atom stereocenters. The Morgan fingerprint density at radius 1 is 1.03 bits per heavy atom. The van der Waals surface area contributed by atoms with E-state index in [0.717, 1.165) is 17.5 Å². The van der Waals surface area contributed by atoms with Crippen molar-refractivity contribution in [1.29, 1.82) is 0 Å². The molecule has 0 atom stereocenters. The predicted octanol–water partition coefficient (Wildman–Crippen LogP) is 4.80. The molecule has 0 saturated carbocycles. The maximum Gasteiger partial charge on any atom is 0.286 e. The zero-order valence-electron chi connectivity index (χ0n) is 19.0. The summed E-state index contributed by atoms with van der Waals surface area (Å²) >= 11 is 0. The van der Waals surface area contributed by atoms with Crippen molar-refractivity contribution in [1.82, 2.24) is 9.88 Å². The average Bonchev–Trinajstić information content (AvgIpc) is 2.84. The Labute approximate surface area is 192 Å². The molecule has 1 aromatic heterocycles. The van der Waals surface area contributed by atoms with Crippen molar-refractivity contribution in [3.05, 3.63) is 93.3 Å². The first-order chi connectivity index (χ1) is 16.0. The molecule has 0 aliphatic heterocycles. The molecule has 0 radical (unpaired) electrons. The molecule has 0 fully saturated rings. The molecule has 8 nitrogen and oxygen atoms in total. The number of carbonyl (C=O) groups is 1. The van der Waals surface area contributed by atoms with Gasteiger partial charge < -0.3 is 14.4 Å². The fraction of sp³-hybridized carbons (Fsp3) is 0.280. The van der Waals surface area contributed by atoms with Crippen LogP contribution in [0.1, 0.15) is 40.9 Å². The highest BCUT2D eigenvalue weighted by atomic mass is 16.6. The van der Waals surface area contributed by atoms with Crippen molar-refractivity contribution >= 4 is 11.6 Å². The molecule has 0 N–H and O–H groups in total. The third-order valence-corrected chi connectivity index (χ3v) is 5.20. The van der Waals surface area contributed by atoms with Crippen molar-refractivity contribution in [2.75, 3.05) is 13.7 Å². The summed E-state index contributed by atoms with van der Waals surface area (Å²) in [7, 11) is 1.40. The SMILES string of the molecule is CCOc1cc(C(=O)N(Cc2ccc(CC)cc2)Cc2cccnc2)c([N+](=O)[O-])cc1OC. The van der Waals surface area contributed by atoms with E-state index in [0.29, 0.717) is 6.61 Å². The number of aromatic nitrogens is 1. The highest BCUT2D eigenvalue weighted by Gasteiger charge is 2.28. The van der Waals surface area contributed by atoms with Crippen LogP contribution in [-0.4, -0.2) is 34.4 Å². The van der Waals surface area contributed by atoms with Crippen LogP contribution in [0.3, 0.4) is 0 Å². The molecule has 1 heterocycles. The third kappa shape index (κ3) is 5.85. The summed E-state index contributed by atoms with van der Waals surface area (Å²) in [5.41, 5.74) is 2.54. The summed E-state index contributed by atoms with van der Waals surface area (Å²) < 4.78 is 10.8. The van der Waals surface area contributed by atoms with Crippen molar-refractivity contribution in [2.45, 2.75) is 33.4 Å². The standard InChI is InChI=1S/C25H27N3O5/c1-4-18-8-10-19(11-9-18)16-27(17-20-7-6-12-26-15-20)25(29)21-13-24(33-5-2)23(32-3)14-22(21)28(30)31/h6-15H,4-5,16-17H2,1-3H3. The lowest BCUT2D eigenvalue weighted by Gasteiger charge is -2.23. The van der Waals surface area contributed by atoms with Crippen LogP contribution in [0, 0.1) is 10.1 Å². The van der Waals surface area contributed by atoms with E-state index in [1.165, 1.54) is 24.8 Å².